The number of nitrogens with one attached hydrogen (secondary N) is 4. The topological polar surface area (TPSA) is 259 Å². The molecule has 11 atom stereocenters. The number of amides is 11. The molecule has 4 N–H and O–H groups in total. The highest BCUT2D eigenvalue weighted by molar-refractivity contribution is 6.31. The first-order valence-electron chi connectivity index (χ1n) is 33.6. The number of hydrogen-bond acceptors (Lipinski definition) is 11. The Morgan fingerprint density at radius 2 is 1.30 bits per heavy atom. The zero-order chi connectivity index (χ0) is 71.4. The van der Waals surface area contributed by atoms with Crippen molar-refractivity contribution in [3.8, 4) is 12.3 Å². The van der Waals surface area contributed by atoms with Crippen LogP contribution in [0.3, 0.4) is 0 Å². The third kappa shape index (κ3) is 18.5. The van der Waals surface area contributed by atoms with Gasteiger partial charge in [-0.05, 0) is 106 Å². The second kappa shape index (κ2) is 33.5. The molecule has 2 aromatic rings. The molecule has 1 aliphatic carbocycles. The van der Waals surface area contributed by atoms with Gasteiger partial charge in [0.05, 0.1) is 17.1 Å². The largest absolute Gasteiger partial charge is 0.417 e. The van der Waals surface area contributed by atoms with E-state index in [2.05, 4.69) is 27.2 Å². The van der Waals surface area contributed by atoms with Crippen LogP contribution >= 0.6 is 11.6 Å². The van der Waals surface area contributed by atoms with Crippen LogP contribution in [0.15, 0.2) is 42.5 Å². The van der Waals surface area contributed by atoms with E-state index >= 15 is 9.59 Å². The molecule has 4 fully saturated rings. The van der Waals surface area contributed by atoms with Gasteiger partial charge >= 0.3 is 6.18 Å². The number of hydrogen-bond donors (Lipinski definition) is 4. The quantitative estimate of drug-likeness (QED) is 0.188. The number of benzene rings is 2. The van der Waals surface area contributed by atoms with Crippen molar-refractivity contribution in [3.05, 3.63) is 69.7 Å². The van der Waals surface area contributed by atoms with Crippen molar-refractivity contribution >= 4 is 76.6 Å². The van der Waals surface area contributed by atoms with Gasteiger partial charge in [0.15, 0.2) is 0 Å². The molecule has 96 heavy (non-hydrogen) atoms. The number of carbonyl (C=O) groups is 11. The summed E-state index contributed by atoms with van der Waals surface area (Å²) in [5.74, 6) is -5.70. The van der Waals surface area contributed by atoms with Crippen molar-refractivity contribution in [1.29, 1.82) is 0 Å². The summed E-state index contributed by atoms with van der Waals surface area (Å²) in [6.45, 7) is 13.9. The highest BCUT2D eigenvalue weighted by atomic mass is 35.5. The second-order valence-corrected chi connectivity index (χ2v) is 27.7. The maximum atomic E-state index is 15.2. The van der Waals surface area contributed by atoms with Crippen LogP contribution in [0.1, 0.15) is 154 Å². The van der Waals surface area contributed by atoms with E-state index < -0.39 is 160 Å². The Hall–Kier alpha value is -7.75. The minimum absolute atomic E-state index is 0.0328. The van der Waals surface area contributed by atoms with Gasteiger partial charge in [-0.15, -0.1) is 12.3 Å². The van der Waals surface area contributed by atoms with Crippen molar-refractivity contribution in [2.75, 3.05) is 54.9 Å². The molecular formula is C70H99ClF3N11O11. The minimum atomic E-state index is -4.76. The van der Waals surface area contributed by atoms with Crippen molar-refractivity contribution in [2.45, 2.75) is 218 Å². The highest BCUT2D eigenvalue weighted by Gasteiger charge is 2.51. The Labute approximate surface area is 568 Å². The monoisotopic (exact) mass is 1360 g/mol. The van der Waals surface area contributed by atoms with Gasteiger partial charge in [0.1, 0.15) is 53.9 Å². The van der Waals surface area contributed by atoms with Crippen molar-refractivity contribution < 1.29 is 65.9 Å². The van der Waals surface area contributed by atoms with Gasteiger partial charge in [-0.3, -0.25) is 52.7 Å². The summed E-state index contributed by atoms with van der Waals surface area (Å²) in [6.07, 6.45) is 3.35. The molecule has 22 nitrogen and oxygen atoms in total. The first-order valence-corrected chi connectivity index (χ1v) is 34.0. The molecule has 4 aliphatic rings. The summed E-state index contributed by atoms with van der Waals surface area (Å²) in [5.41, 5.74) is -0.752. The van der Waals surface area contributed by atoms with Crippen LogP contribution in [0.25, 0.3) is 0 Å². The third-order valence-corrected chi connectivity index (χ3v) is 20.3. The summed E-state index contributed by atoms with van der Waals surface area (Å²) in [4.78, 5) is 171. The zero-order valence-electron chi connectivity index (χ0n) is 57.9. The standard InChI is InChI=1S/C70H99ClF3N11O11/c1-15-21-48-39-57(87)81(12)54(36-41(4)5)60(88)77-58(43(7)16-2)67(95)80(11)45(9)63(91)85-35-31-53(85)66(94)82(13)55(38-47-25-23-42(6)24-26-47)65(93)79(10)40-56(86)76-51(30-28-46-27-29-49(50(71)37-46)70(72,73)74)64(92)84-34-20-22-52(84)61(89)78-69(32-18-19-33-69)68(96)83(14)59(44(8)17-3)62(90)75-48/h1,23-27,29,37,41,43-45,48,51-55,58-59H,16-22,28,30-36,38-40H2,2-14H3,(H,75,90)(H,76,86)(H,77,88)(H,78,89)/t43-,44-,45-,48+,51-,52-,53-,54-,55-,58-,59-/m0/s1. The highest BCUT2D eigenvalue weighted by Crippen LogP contribution is 2.37. The lowest BCUT2D eigenvalue weighted by atomic mass is 9.90. The van der Waals surface area contributed by atoms with Crippen molar-refractivity contribution in [2.24, 2.45) is 17.8 Å². The Bertz CT molecular complexity index is 3230. The maximum absolute atomic E-state index is 15.2. The number of nitrogens with zero attached hydrogens (tertiary/aromatic N) is 7. The molecule has 2 aromatic carbocycles. The van der Waals surface area contributed by atoms with E-state index in [0.29, 0.717) is 43.2 Å². The molecule has 0 unspecified atom stereocenters. The molecule has 11 amide bonds. The fourth-order valence-electron chi connectivity index (χ4n) is 13.4. The lowest BCUT2D eigenvalue weighted by molar-refractivity contribution is -0.160. The number of rotatable bonds is 12. The van der Waals surface area contributed by atoms with Gasteiger partial charge in [0.2, 0.25) is 65.0 Å². The lowest BCUT2D eigenvalue weighted by Gasteiger charge is -2.45. The fraction of sp³-hybridized carbons (Fsp3) is 0.643. The number of alkyl halides is 3. The van der Waals surface area contributed by atoms with Crippen LogP contribution in [0.5, 0.6) is 0 Å². The summed E-state index contributed by atoms with van der Waals surface area (Å²) >= 11 is 6.13. The Kier molecular flexibility index (Phi) is 26.9. The van der Waals surface area contributed by atoms with Crippen molar-refractivity contribution in [3.63, 3.8) is 0 Å². The van der Waals surface area contributed by atoms with E-state index in [-0.39, 0.29) is 83.2 Å². The van der Waals surface area contributed by atoms with E-state index in [0.717, 1.165) is 22.6 Å². The number of halogens is 4. The molecule has 0 bridgehead atoms. The average Bonchev–Trinajstić information content (AvgIpc) is 1.07. The van der Waals surface area contributed by atoms with E-state index in [4.69, 9.17) is 18.0 Å². The van der Waals surface area contributed by atoms with Crippen LogP contribution < -0.4 is 21.3 Å². The predicted molar refractivity (Wildman–Crippen MR) is 356 cm³/mol. The molecular weight excluding hydrogens is 1260 g/mol. The van der Waals surface area contributed by atoms with Gasteiger partial charge in [-0.2, -0.15) is 13.2 Å². The van der Waals surface area contributed by atoms with Crippen LogP contribution in [0, 0.1) is 37.0 Å². The first-order chi connectivity index (χ1) is 45.1. The molecule has 0 radical (unpaired) electrons. The van der Waals surface area contributed by atoms with Gasteiger partial charge in [0.25, 0.3) is 0 Å². The summed E-state index contributed by atoms with van der Waals surface area (Å²) in [5, 5.41) is 11.0. The van der Waals surface area contributed by atoms with E-state index in [1.54, 1.807) is 26.0 Å². The van der Waals surface area contributed by atoms with E-state index in [1.165, 1.54) is 77.6 Å². The number of carbonyl (C=O) groups excluding carboxylic acids is 11. The summed E-state index contributed by atoms with van der Waals surface area (Å²) < 4.78 is 41.5. The number of likely N-dealkylation sites (N-methyl/N-ethyl adjacent to an activating group) is 5. The number of aryl methyl sites for hydroxylation is 2. The Morgan fingerprint density at radius 3 is 1.88 bits per heavy atom. The van der Waals surface area contributed by atoms with E-state index in [9.17, 15) is 56.3 Å². The van der Waals surface area contributed by atoms with Crippen molar-refractivity contribution in [1.82, 2.24) is 55.6 Å². The SMILES string of the molecule is C#CC[C@@H]1CC(=O)N(C)[C@@H](CC(C)C)C(=O)N[C@@H]([C@@H](C)CC)C(=O)N(C)[C@@H](C)C(=O)N2CC[C@H]2C(=O)N(C)[C@@H](Cc2ccc(C)cc2)C(=O)N(C)CC(=O)N[C@@H](CCc2ccc(C(F)(F)F)c(Cl)c2)C(=O)N2CCC[C@H]2C(=O)NC2(CCCC2)C(=O)N(C)[C@@H]([C@@H](C)CC)C(=O)N1. The summed E-state index contributed by atoms with van der Waals surface area (Å²) in [7, 11) is 7.11. The molecule has 3 saturated heterocycles. The van der Waals surface area contributed by atoms with Gasteiger partial charge in [-0.1, -0.05) is 115 Å². The van der Waals surface area contributed by atoms with Gasteiger partial charge < -0.3 is 55.6 Å². The van der Waals surface area contributed by atoms with E-state index in [1.807, 2.05) is 46.8 Å². The second-order valence-electron chi connectivity index (χ2n) is 27.3. The molecule has 26 heteroatoms. The zero-order valence-corrected chi connectivity index (χ0v) is 58.7. The lowest BCUT2D eigenvalue weighted by Crippen LogP contribution is -2.65. The fourth-order valence-corrected chi connectivity index (χ4v) is 13.7. The predicted octanol–water partition coefficient (Wildman–Crippen LogP) is 5.67. The van der Waals surface area contributed by atoms with Crippen LogP contribution in [0.4, 0.5) is 13.2 Å². The molecule has 6 rings (SSSR count). The van der Waals surface area contributed by atoms with Gasteiger partial charge in [-0.25, -0.2) is 0 Å². The Morgan fingerprint density at radius 1 is 0.677 bits per heavy atom. The van der Waals surface area contributed by atoms with Crippen LogP contribution in [-0.4, -0.2) is 214 Å². The molecule has 1 saturated carbocycles. The Balaban J connectivity index is 1.42. The smallest absolute Gasteiger partial charge is 0.350 e. The van der Waals surface area contributed by atoms with Gasteiger partial charge in [0, 0.05) is 73.6 Å². The number of terminal acetylenes is 1. The number of fused-ring (bicyclic) bond motifs is 2. The molecule has 3 heterocycles. The van der Waals surface area contributed by atoms with Crippen LogP contribution in [-0.2, 0) is 71.8 Å². The minimum Gasteiger partial charge on any atom is -0.350 e. The normalized spacial score (nSPS) is 26.4. The molecule has 1 spiro atoms. The third-order valence-electron chi connectivity index (χ3n) is 20.0. The first kappa shape index (κ1) is 77.3. The summed E-state index contributed by atoms with van der Waals surface area (Å²) in [6, 6.07) is -0.188. The molecule has 0 aromatic heterocycles. The maximum Gasteiger partial charge on any atom is 0.417 e. The molecule has 528 valence electrons. The molecule has 3 aliphatic heterocycles. The van der Waals surface area contributed by atoms with Crippen LogP contribution in [0.2, 0.25) is 5.02 Å². The average molecular weight is 1360 g/mol.